The fourth-order valence-corrected chi connectivity index (χ4v) is 3.32. The van der Waals surface area contributed by atoms with E-state index in [9.17, 15) is 14.3 Å². The van der Waals surface area contributed by atoms with Crippen LogP contribution in [0.15, 0.2) is 48.8 Å². The van der Waals surface area contributed by atoms with Crippen molar-refractivity contribution in [2.75, 3.05) is 37.9 Å². The maximum atomic E-state index is 14.6. The third-order valence-electron chi connectivity index (χ3n) is 4.92. The Hall–Kier alpha value is -3.27. The molecule has 0 spiro atoms. The first-order valence-corrected chi connectivity index (χ1v) is 11.4. The van der Waals surface area contributed by atoms with Crippen molar-refractivity contribution in [3.63, 3.8) is 0 Å². The van der Waals surface area contributed by atoms with Gasteiger partial charge in [0.2, 0.25) is 5.91 Å². The molecule has 0 atom stereocenters. The van der Waals surface area contributed by atoms with Gasteiger partial charge in [0.05, 0.1) is 39.5 Å². The van der Waals surface area contributed by atoms with Crippen molar-refractivity contribution in [2.24, 2.45) is 0 Å². The lowest BCUT2D eigenvalue weighted by Gasteiger charge is -2.20. The van der Waals surface area contributed by atoms with Crippen molar-refractivity contribution >= 4 is 45.6 Å². The number of hydrogen-bond donors (Lipinski definition) is 3. The molecule has 1 heterocycles. The monoisotopic (exact) mass is 501 g/mol. The first kappa shape index (κ1) is 26.3. The predicted octanol–water partition coefficient (Wildman–Crippen LogP) is 4.76. The molecule has 0 aliphatic carbocycles. The maximum Gasteiger partial charge on any atom is 0.248 e. The molecule has 0 saturated heterocycles. The van der Waals surface area contributed by atoms with Gasteiger partial charge in [0.25, 0.3) is 0 Å². The van der Waals surface area contributed by atoms with Crippen LogP contribution >= 0.6 is 11.6 Å². The van der Waals surface area contributed by atoms with Crippen LogP contribution in [-0.4, -0.2) is 58.7 Å². The van der Waals surface area contributed by atoms with Gasteiger partial charge in [0, 0.05) is 19.0 Å². The second kappa shape index (κ2) is 11.4. The minimum atomic E-state index is -0.954. The van der Waals surface area contributed by atoms with Gasteiger partial charge in [-0.25, -0.2) is 14.4 Å². The van der Waals surface area contributed by atoms with Crippen LogP contribution in [0.2, 0.25) is 5.02 Å². The minimum Gasteiger partial charge on any atom is -0.490 e. The molecule has 3 aromatic rings. The summed E-state index contributed by atoms with van der Waals surface area (Å²) in [6, 6.07) is 7.98. The smallest absolute Gasteiger partial charge is 0.248 e. The molecule has 0 radical (unpaired) electrons. The Balaban J connectivity index is 2.04. The molecule has 0 fully saturated rings. The Morgan fingerprint density at radius 2 is 2.00 bits per heavy atom. The quantitative estimate of drug-likeness (QED) is 0.344. The zero-order chi connectivity index (χ0) is 25.6. The third kappa shape index (κ3) is 7.35. The highest BCUT2D eigenvalue weighted by Gasteiger charge is 2.19. The Morgan fingerprint density at radius 1 is 1.23 bits per heavy atom. The number of halogens is 2. The van der Waals surface area contributed by atoms with Crippen LogP contribution in [-0.2, 0) is 4.79 Å². The molecule has 186 valence electrons. The van der Waals surface area contributed by atoms with Crippen LogP contribution in [0, 0.1) is 5.82 Å². The van der Waals surface area contributed by atoms with Gasteiger partial charge in [0.15, 0.2) is 11.6 Å². The molecule has 2 aromatic carbocycles. The molecule has 0 aliphatic heterocycles. The summed E-state index contributed by atoms with van der Waals surface area (Å²) in [5, 5.41) is 16.3. The van der Waals surface area contributed by atoms with Crippen molar-refractivity contribution in [1.29, 1.82) is 0 Å². The summed E-state index contributed by atoms with van der Waals surface area (Å²) in [7, 11) is 3.80. The van der Waals surface area contributed by atoms with Crippen LogP contribution in [0.4, 0.5) is 21.6 Å². The molecule has 1 aromatic heterocycles. The molecule has 3 N–H and O–H groups in total. The number of hydrogen-bond acceptors (Lipinski definition) is 7. The summed E-state index contributed by atoms with van der Waals surface area (Å²) in [6.45, 7) is 4.11. The highest BCUT2D eigenvalue weighted by atomic mass is 35.5. The Morgan fingerprint density at radius 3 is 2.71 bits per heavy atom. The zero-order valence-electron chi connectivity index (χ0n) is 20.1. The number of aromatic nitrogens is 2. The maximum absolute atomic E-state index is 14.6. The number of likely N-dealkylation sites (N-methyl/N-ethyl adjacent to an activating group) is 1. The molecular weight excluding hydrogens is 473 g/mol. The van der Waals surface area contributed by atoms with E-state index in [4.69, 9.17) is 16.3 Å². The normalized spacial score (nSPS) is 11.9. The molecule has 1 amide bonds. The summed E-state index contributed by atoms with van der Waals surface area (Å²) in [6.07, 6.45) is 4.85. The van der Waals surface area contributed by atoms with Crippen molar-refractivity contribution < 1.29 is 19.0 Å². The Labute approximate surface area is 208 Å². The Kier molecular flexibility index (Phi) is 8.61. The van der Waals surface area contributed by atoms with Crippen LogP contribution in [0.3, 0.4) is 0 Å². The van der Waals surface area contributed by atoms with Gasteiger partial charge in [-0.05, 0) is 52.2 Å². The van der Waals surface area contributed by atoms with E-state index in [1.54, 1.807) is 38.1 Å². The first-order valence-electron chi connectivity index (χ1n) is 11.0. The van der Waals surface area contributed by atoms with Crippen LogP contribution in [0.25, 0.3) is 10.9 Å². The number of aliphatic hydroxyl groups is 1. The van der Waals surface area contributed by atoms with E-state index in [-0.39, 0.29) is 29.0 Å². The van der Waals surface area contributed by atoms with Crippen LogP contribution < -0.4 is 15.4 Å². The number of ether oxygens (including phenoxy) is 1. The number of nitrogens with one attached hydrogen (secondary N) is 2. The lowest BCUT2D eigenvalue weighted by molar-refractivity contribution is -0.111. The van der Waals surface area contributed by atoms with E-state index >= 15 is 0 Å². The van der Waals surface area contributed by atoms with Gasteiger partial charge in [-0.2, -0.15) is 0 Å². The number of nitrogens with zero attached hydrogens (tertiary/aromatic N) is 3. The molecule has 0 unspecified atom stereocenters. The lowest BCUT2D eigenvalue weighted by Crippen LogP contribution is -2.22. The first-order chi connectivity index (χ1) is 16.5. The lowest BCUT2D eigenvalue weighted by atomic mass is 10.1. The highest BCUT2D eigenvalue weighted by Crippen LogP contribution is 2.38. The number of rotatable bonds is 10. The molecular formula is C25H29ClFN5O3. The SMILES string of the molecule is CN(C)C/C=C/C(=O)Nc1ccc2ncnc(Nc3cccc(Cl)c3F)c2c1OCCC(C)(C)O. The Bertz CT molecular complexity index is 1230. The van der Waals surface area contributed by atoms with E-state index in [0.717, 1.165) is 0 Å². The predicted molar refractivity (Wildman–Crippen MR) is 137 cm³/mol. The van der Waals surface area contributed by atoms with Gasteiger partial charge in [0.1, 0.15) is 12.1 Å². The second-order valence-corrected chi connectivity index (χ2v) is 9.26. The number of carbonyl (C=O) groups excluding carboxylic acids is 1. The van der Waals surface area contributed by atoms with E-state index in [1.807, 2.05) is 19.0 Å². The molecule has 0 bridgehead atoms. The fraction of sp³-hybridized carbons (Fsp3) is 0.320. The van der Waals surface area contributed by atoms with E-state index < -0.39 is 11.4 Å². The van der Waals surface area contributed by atoms with E-state index in [0.29, 0.717) is 35.3 Å². The van der Waals surface area contributed by atoms with Crippen LogP contribution in [0.1, 0.15) is 20.3 Å². The van der Waals surface area contributed by atoms with Crippen LogP contribution in [0.5, 0.6) is 5.75 Å². The number of amides is 1. The molecule has 8 nitrogen and oxygen atoms in total. The van der Waals surface area contributed by atoms with Crippen molar-refractivity contribution in [3.8, 4) is 5.75 Å². The number of benzene rings is 2. The highest BCUT2D eigenvalue weighted by molar-refractivity contribution is 6.31. The standard InChI is InChI=1S/C25H29ClFN5O3/c1-25(2,34)12-14-35-23-19(30-20(33)9-6-13-32(3)4)11-10-17-21(23)24(29-15-28-17)31-18-8-5-7-16(26)22(18)27/h5-11,15,34H,12-14H2,1-4H3,(H,30,33)(H,28,29,31)/b9-6+. The van der Waals surface area contributed by atoms with Gasteiger partial charge in [-0.3, -0.25) is 4.79 Å². The average Bonchev–Trinajstić information content (AvgIpc) is 2.77. The molecule has 0 aliphatic rings. The van der Waals surface area contributed by atoms with E-state index in [1.165, 1.54) is 24.5 Å². The molecule has 35 heavy (non-hydrogen) atoms. The zero-order valence-corrected chi connectivity index (χ0v) is 20.9. The van der Waals surface area contributed by atoms with Crippen molar-refractivity contribution in [2.45, 2.75) is 25.9 Å². The number of anilines is 3. The average molecular weight is 502 g/mol. The van der Waals surface area contributed by atoms with Gasteiger partial charge < -0.3 is 25.4 Å². The molecule has 10 heteroatoms. The van der Waals surface area contributed by atoms with E-state index in [2.05, 4.69) is 20.6 Å². The third-order valence-corrected chi connectivity index (χ3v) is 5.21. The summed E-state index contributed by atoms with van der Waals surface area (Å²) < 4.78 is 20.6. The summed E-state index contributed by atoms with van der Waals surface area (Å²) in [5.74, 6) is -0.396. The van der Waals surface area contributed by atoms with Crippen molar-refractivity contribution in [1.82, 2.24) is 14.9 Å². The van der Waals surface area contributed by atoms with Gasteiger partial charge in [-0.1, -0.05) is 23.7 Å². The topological polar surface area (TPSA) is 99.6 Å². The number of fused-ring (bicyclic) bond motifs is 1. The fourth-order valence-electron chi connectivity index (χ4n) is 3.14. The van der Waals surface area contributed by atoms with Crippen molar-refractivity contribution in [3.05, 3.63) is 59.7 Å². The summed E-state index contributed by atoms with van der Waals surface area (Å²) >= 11 is 5.93. The molecule has 0 saturated carbocycles. The number of carbonyl (C=O) groups is 1. The minimum absolute atomic E-state index is 0.0347. The largest absolute Gasteiger partial charge is 0.490 e. The molecule has 3 rings (SSSR count). The second-order valence-electron chi connectivity index (χ2n) is 8.85. The summed E-state index contributed by atoms with van der Waals surface area (Å²) in [4.78, 5) is 23.1. The summed E-state index contributed by atoms with van der Waals surface area (Å²) in [5.41, 5.74) is 0.0761. The van der Waals surface area contributed by atoms with Gasteiger partial charge >= 0.3 is 0 Å². The van der Waals surface area contributed by atoms with Gasteiger partial charge in [-0.15, -0.1) is 0 Å².